The Hall–Kier alpha value is -1.29. The summed E-state index contributed by atoms with van der Waals surface area (Å²) in [5.41, 5.74) is 0. The van der Waals surface area contributed by atoms with Gasteiger partial charge >= 0.3 is 27.3 Å². The highest BCUT2D eigenvalue weighted by molar-refractivity contribution is 7.86. The highest BCUT2D eigenvalue weighted by Crippen LogP contribution is 2.57. The average Bonchev–Trinajstić information content (AvgIpc) is 2.96. The van der Waals surface area contributed by atoms with Gasteiger partial charge in [-0.3, -0.25) is 14.1 Å². The van der Waals surface area contributed by atoms with Gasteiger partial charge in [0.2, 0.25) is 0 Å². The molecule has 0 aromatic carbocycles. The summed E-state index contributed by atoms with van der Waals surface area (Å²) in [7, 11) is -5.65. The van der Waals surface area contributed by atoms with Crippen LogP contribution in [0.15, 0.2) is 0 Å². The number of rotatable bonds is 4. The number of carbonyl (C=O) groups is 2. The zero-order valence-corrected chi connectivity index (χ0v) is 11.4. The minimum absolute atomic E-state index is 0.0952. The molecule has 2 saturated carbocycles. The van der Waals surface area contributed by atoms with E-state index in [0.29, 0.717) is 12.8 Å². The molecular weight excluding hydrogens is 314 g/mol. The van der Waals surface area contributed by atoms with Crippen LogP contribution < -0.4 is 0 Å². The Morgan fingerprint density at radius 2 is 2.10 bits per heavy atom. The molecule has 118 valence electrons. The van der Waals surface area contributed by atoms with Crippen molar-refractivity contribution >= 4 is 22.1 Å². The first-order valence-electron chi connectivity index (χ1n) is 6.34. The minimum Gasteiger partial charge on any atom is -0.461 e. The summed E-state index contributed by atoms with van der Waals surface area (Å²) >= 11 is 0. The van der Waals surface area contributed by atoms with Gasteiger partial charge in [0.05, 0.1) is 11.8 Å². The van der Waals surface area contributed by atoms with Gasteiger partial charge in [0, 0.05) is 5.92 Å². The summed E-state index contributed by atoms with van der Waals surface area (Å²) in [5, 5.41) is -4.56. The van der Waals surface area contributed by atoms with Crippen LogP contribution in [0, 0.1) is 23.7 Å². The Morgan fingerprint density at radius 1 is 1.43 bits per heavy atom. The van der Waals surface area contributed by atoms with Gasteiger partial charge in [-0.2, -0.15) is 17.2 Å². The summed E-state index contributed by atoms with van der Waals surface area (Å²) in [6.07, 6.45) is 0.373. The van der Waals surface area contributed by atoms with Crippen molar-refractivity contribution in [2.45, 2.75) is 24.2 Å². The third-order valence-corrected chi connectivity index (χ3v) is 5.39. The summed E-state index contributed by atoms with van der Waals surface area (Å²) < 4.78 is 64.6. The van der Waals surface area contributed by atoms with E-state index in [1.807, 2.05) is 0 Å². The summed E-state index contributed by atoms with van der Waals surface area (Å²) in [4.78, 5) is 23.4. The number of esters is 2. The number of halogens is 2. The fourth-order valence-corrected chi connectivity index (χ4v) is 3.82. The first-order valence-corrected chi connectivity index (χ1v) is 7.78. The fraction of sp³-hybridized carbons (Fsp3) is 0.818. The van der Waals surface area contributed by atoms with E-state index in [4.69, 9.17) is 9.29 Å². The third kappa shape index (κ3) is 2.11. The van der Waals surface area contributed by atoms with Crippen molar-refractivity contribution in [1.82, 2.24) is 0 Å². The molecular formula is C11H12F2O7S. The van der Waals surface area contributed by atoms with Crippen LogP contribution in [-0.2, 0) is 29.2 Å². The van der Waals surface area contributed by atoms with Gasteiger partial charge < -0.3 is 9.47 Å². The molecule has 0 aromatic rings. The van der Waals surface area contributed by atoms with Crippen molar-refractivity contribution in [2.24, 2.45) is 23.7 Å². The molecule has 21 heavy (non-hydrogen) atoms. The van der Waals surface area contributed by atoms with E-state index in [-0.39, 0.29) is 23.7 Å². The molecule has 1 heterocycles. The largest absolute Gasteiger partial charge is 0.461 e. The number of carbonyl (C=O) groups excluding carboxylic acids is 2. The Bertz CT molecular complexity index is 602. The minimum atomic E-state index is -5.65. The molecule has 0 aromatic heterocycles. The standard InChI is InChI=1S/C11H12F2O7S/c12-11(13,21(16,17)18)3-19-10(15)7-4-1-5-6(2-4)9(14)20-8(5)7/h4-8H,1-3H2,(H,16,17,18)/t4-,5?,6?,7?,8?/m0/s1. The van der Waals surface area contributed by atoms with Crippen LogP contribution >= 0.6 is 0 Å². The van der Waals surface area contributed by atoms with Crippen molar-refractivity contribution in [3.8, 4) is 0 Å². The number of hydrogen-bond acceptors (Lipinski definition) is 6. The molecule has 1 N–H and O–H groups in total. The normalized spacial score (nSPS) is 37.7. The lowest BCUT2D eigenvalue weighted by Crippen LogP contribution is -2.39. The molecule has 3 rings (SSSR count). The summed E-state index contributed by atoms with van der Waals surface area (Å²) in [6.45, 7) is -1.76. The molecule has 2 bridgehead atoms. The molecule has 4 unspecified atom stereocenters. The smallest absolute Gasteiger partial charge is 0.402 e. The van der Waals surface area contributed by atoms with Gasteiger partial charge in [0.15, 0.2) is 6.61 Å². The molecule has 5 atom stereocenters. The molecule has 3 aliphatic rings. The number of ether oxygens (including phenoxy) is 2. The molecule has 0 spiro atoms. The van der Waals surface area contributed by atoms with Crippen molar-refractivity contribution in [2.75, 3.05) is 6.61 Å². The predicted octanol–water partition coefficient (Wildman–Crippen LogP) is 0.208. The monoisotopic (exact) mass is 326 g/mol. The highest BCUT2D eigenvalue weighted by atomic mass is 32.2. The van der Waals surface area contributed by atoms with Crippen molar-refractivity contribution in [3.05, 3.63) is 0 Å². The first-order chi connectivity index (χ1) is 9.62. The van der Waals surface area contributed by atoms with E-state index >= 15 is 0 Å². The van der Waals surface area contributed by atoms with Crippen LogP contribution in [0.25, 0.3) is 0 Å². The molecule has 1 saturated heterocycles. The van der Waals surface area contributed by atoms with E-state index in [2.05, 4.69) is 4.74 Å². The molecule has 2 aliphatic carbocycles. The molecule has 0 amide bonds. The molecule has 1 aliphatic heterocycles. The van der Waals surface area contributed by atoms with Crippen LogP contribution in [0.2, 0.25) is 0 Å². The number of fused-ring (bicyclic) bond motifs is 1. The highest BCUT2D eigenvalue weighted by Gasteiger charge is 2.64. The zero-order chi connectivity index (χ0) is 15.6. The van der Waals surface area contributed by atoms with Gasteiger partial charge in [-0.25, -0.2) is 0 Å². The lowest BCUT2D eigenvalue weighted by molar-refractivity contribution is -0.161. The quantitative estimate of drug-likeness (QED) is 0.581. The average molecular weight is 326 g/mol. The van der Waals surface area contributed by atoms with Gasteiger partial charge in [-0.05, 0) is 18.8 Å². The van der Waals surface area contributed by atoms with Gasteiger partial charge in [0.1, 0.15) is 6.10 Å². The number of hydrogen-bond donors (Lipinski definition) is 1. The SMILES string of the molecule is O=C1OC2C3C[C@@H](CC13)C2C(=O)OCC(F)(F)S(=O)(=O)O. The lowest BCUT2D eigenvalue weighted by atomic mass is 9.82. The van der Waals surface area contributed by atoms with Crippen LogP contribution in [0.1, 0.15) is 12.8 Å². The van der Waals surface area contributed by atoms with Gasteiger partial charge in [0.25, 0.3) is 0 Å². The fourth-order valence-electron chi connectivity index (χ4n) is 3.61. The Balaban J connectivity index is 1.67. The second-order valence-electron chi connectivity index (χ2n) is 5.65. The molecule has 10 heteroatoms. The second-order valence-corrected chi connectivity index (χ2v) is 7.20. The van der Waals surface area contributed by atoms with E-state index in [9.17, 15) is 26.8 Å². The van der Waals surface area contributed by atoms with E-state index in [0.717, 1.165) is 0 Å². The molecule has 0 radical (unpaired) electrons. The Kier molecular flexibility index (Phi) is 3.04. The van der Waals surface area contributed by atoms with Crippen molar-refractivity contribution in [1.29, 1.82) is 0 Å². The van der Waals surface area contributed by atoms with Crippen LogP contribution in [0.4, 0.5) is 8.78 Å². The van der Waals surface area contributed by atoms with E-state index in [1.165, 1.54) is 0 Å². The zero-order valence-electron chi connectivity index (χ0n) is 10.6. The van der Waals surface area contributed by atoms with Gasteiger partial charge in [-0.15, -0.1) is 0 Å². The maximum Gasteiger partial charge on any atom is 0.402 e. The third-order valence-electron chi connectivity index (χ3n) is 4.52. The van der Waals surface area contributed by atoms with E-state index < -0.39 is 40.0 Å². The maximum absolute atomic E-state index is 13.0. The van der Waals surface area contributed by atoms with Crippen LogP contribution in [-0.4, -0.2) is 42.9 Å². The van der Waals surface area contributed by atoms with Crippen LogP contribution in [0.3, 0.4) is 0 Å². The van der Waals surface area contributed by atoms with Gasteiger partial charge in [-0.1, -0.05) is 0 Å². The van der Waals surface area contributed by atoms with Crippen molar-refractivity contribution in [3.63, 3.8) is 0 Å². The molecule has 7 nitrogen and oxygen atoms in total. The lowest BCUT2D eigenvalue weighted by Gasteiger charge is -2.24. The first kappa shape index (κ1) is 14.6. The van der Waals surface area contributed by atoms with E-state index in [1.54, 1.807) is 0 Å². The number of alkyl halides is 2. The maximum atomic E-state index is 13.0. The summed E-state index contributed by atoms with van der Waals surface area (Å²) in [5.74, 6) is -2.75. The Labute approximate surface area is 118 Å². The predicted molar refractivity (Wildman–Crippen MR) is 60.5 cm³/mol. The van der Waals surface area contributed by atoms with Crippen LogP contribution in [0.5, 0.6) is 0 Å². The Morgan fingerprint density at radius 3 is 2.71 bits per heavy atom. The topological polar surface area (TPSA) is 107 Å². The summed E-state index contributed by atoms with van der Waals surface area (Å²) in [6, 6.07) is 0. The van der Waals surface area contributed by atoms with Crippen molar-refractivity contribution < 1.29 is 40.8 Å². The molecule has 3 fully saturated rings. The second kappa shape index (κ2) is 4.35.